The van der Waals surface area contributed by atoms with Crippen molar-refractivity contribution in [2.75, 3.05) is 5.73 Å². The first kappa shape index (κ1) is 12.4. The first-order valence-corrected chi connectivity index (χ1v) is 5.89. The molecule has 0 radical (unpaired) electrons. The van der Waals surface area contributed by atoms with Crippen molar-refractivity contribution in [1.82, 2.24) is 0 Å². The molecule has 0 aliphatic carbocycles. The van der Waals surface area contributed by atoms with Crippen LogP contribution in [0.25, 0.3) is 11.1 Å². The third-order valence-electron chi connectivity index (χ3n) is 2.59. The number of ether oxygens (including phenoxy) is 1. The Morgan fingerprint density at radius 1 is 1.06 bits per heavy atom. The fourth-order valence-electron chi connectivity index (χ4n) is 1.77. The molecule has 0 aliphatic heterocycles. The van der Waals surface area contributed by atoms with Crippen LogP contribution in [0.15, 0.2) is 42.5 Å². The molecule has 94 valence electrons. The largest absolute Gasteiger partial charge is 0.491 e. The monoisotopic (exact) mass is 245 g/mol. The summed E-state index contributed by atoms with van der Waals surface area (Å²) in [5.74, 6) is 0.402. The van der Waals surface area contributed by atoms with Crippen LogP contribution in [0.5, 0.6) is 5.75 Å². The van der Waals surface area contributed by atoms with Gasteiger partial charge in [0.1, 0.15) is 11.6 Å². The predicted molar refractivity (Wildman–Crippen MR) is 72.0 cm³/mol. The summed E-state index contributed by atoms with van der Waals surface area (Å²) in [5.41, 5.74) is 7.48. The Morgan fingerprint density at radius 2 is 1.72 bits per heavy atom. The highest BCUT2D eigenvalue weighted by molar-refractivity contribution is 5.76. The van der Waals surface area contributed by atoms with Gasteiger partial charge in [-0.3, -0.25) is 0 Å². The van der Waals surface area contributed by atoms with Crippen molar-refractivity contribution in [2.45, 2.75) is 20.0 Å². The molecule has 0 amide bonds. The van der Waals surface area contributed by atoms with Gasteiger partial charge in [0.15, 0.2) is 0 Å². The molecule has 2 aromatic rings. The molecule has 0 heterocycles. The van der Waals surface area contributed by atoms with E-state index in [1.54, 1.807) is 12.1 Å². The maximum absolute atomic E-state index is 13.4. The van der Waals surface area contributed by atoms with Gasteiger partial charge in [-0.15, -0.1) is 0 Å². The summed E-state index contributed by atoms with van der Waals surface area (Å²) in [6.45, 7) is 3.94. The molecule has 0 fully saturated rings. The summed E-state index contributed by atoms with van der Waals surface area (Å²) in [6.07, 6.45) is 0.134. The van der Waals surface area contributed by atoms with E-state index in [2.05, 4.69) is 0 Å². The van der Waals surface area contributed by atoms with Crippen LogP contribution in [-0.2, 0) is 0 Å². The molecule has 0 spiro atoms. The van der Waals surface area contributed by atoms with Crippen LogP contribution in [-0.4, -0.2) is 6.10 Å². The van der Waals surface area contributed by atoms with Crippen molar-refractivity contribution in [3.63, 3.8) is 0 Å². The lowest BCUT2D eigenvalue weighted by atomic mass is 10.0. The van der Waals surface area contributed by atoms with Gasteiger partial charge in [-0.2, -0.15) is 0 Å². The molecule has 0 aliphatic rings. The molecule has 2 rings (SSSR count). The average Bonchev–Trinajstić information content (AvgIpc) is 2.33. The fourth-order valence-corrected chi connectivity index (χ4v) is 1.77. The van der Waals surface area contributed by atoms with Crippen LogP contribution in [0.4, 0.5) is 10.1 Å². The van der Waals surface area contributed by atoms with Crippen LogP contribution < -0.4 is 10.5 Å². The van der Waals surface area contributed by atoms with Gasteiger partial charge in [0, 0.05) is 5.56 Å². The zero-order valence-electron chi connectivity index (χ0n) is 10.5. The molecular weight excluding hydrogens is 229 g/mol. The summed E-state index contributed by atoms with van der Waals surface area (Å²) in [5, 5.41) is 0. The molecule has 0 saturated heterocycles. The zero-order valence-corrected chi connectivity index (χ0v) is 10.5. The minimum absolute atomic E-state index is 0.134. The lowest BCUT2D eigenvalue weighted by Gasteiger charge is -2.11. The molecule has 0 bridgehead atoms. The van der Waals surface area contributed by atoms with Crippen LogP contribution in [0, 0.1) is 5.82 Å². The van der Waals surface area contributed by atoms with Crippen molar-refractivity contribution in [3.8, 4) is 16.9 Å². The molecule has 18 heavy (non-hydrogen) atoms. The van der Waals surface area contributed by atoms with Gasteiger partial charge in [-0.1, -0.05) is 24.3 Å². The molecule has 0 unspecified atom stereocenters. The van der Waals surface area contributed by atoms with Gasteiger partial charge in [-0.05, 0) is 37.6 Å². The van der Waals surface area contributed by atoms with E-state index in [0.717, 1.165) is 11.3 Å². The lowest BCUT2D eigenvalue weighted by molar-refractivity contribution is 0.242. The quantitative estimate of drug-likeness (QED) is 0.833. The smallest absolute Gasteiger partial charge is 0.146 e. The van der Waals surface area contributed by atoms with Crippen molar-refractivity contribution in [1.29, 1.82) is 0 Å². The topological polar surface area (TPSA) is 35.2 Å². The molecule has 3 heteroatoms. The number of nitrogen functional groups attached to an aromatic ring is 1. The van der Waals surface area contributed by atoms with E-state index in [1.807, 2.05) is 38.1 Å². The van der Waals surface area contributed by atoms with E-state index >= 15 is 0 Å². The van der Waals surface area contributed by atoms with Gasteiger partial charge in [-0.25, -0.2) is 4.39 Å². The molecule has 0 saturated carbocycles. The highest BCUT2D eigenvalue weighted by Gasteiger charge is 2.07. The summed E-state index contributed by atoms with van der Waals surface area (Å²) >= 11 is 0. The Kier molecular flexibility index (Phi) is 3.51. The molecule has 0 atom stereocenters. The van der Waals surface area contributed by atoms with Crippen LogP contribution in [0.3, 0.4) is 0 Å². The van der Waals surface area contributed by atoms with E-state index in [-0.39, 0.29) is 11.8 Å². The number of hydrogen-bond acceptors (Lipinski definition) is 2. The van der Waals surface area contributed by atoms with Crippen LogP contribution in [0.1, 0.15) is 13.8 Å². The minimum Gasteiger partial charge on any atom is -0.491 e. The summed E-state index contributed by atoms with van der Waals surface area (Å²) in [4.78, 5) is 0. The Morgan fingerprint density at radius 3 is 2.33 bits per heavy atom. The Bertz CT molecular complexity index is 535. The third-order valence-corrected chi connectivity index (χ3v) is 2.59. The molecule has 2 nitrogen and oxygen atoms in total. The van der Waals surface area contributed by atoms with Crippen LogP contribution >= 0.6 is 0 Å². The van der Waals surface area contributed by atoms with Crippen molar-refractivity contribution in [2.24, 2.45) is 0 Å². The molecular formula is C15H16FNO. The number of hydrogen-bond donors (Lipinski definition) is 1. The lowest BCUT2D eigenvalue weighted by Crippen LogP contribution is -2.05. The molecule has 0 aromatic heterocycles. The SMILES string of the molecule is CC(C)Oc1ccc(-c2cccc(F)c2N)cc1. The van der Waals surface area contributed by atoms with Gasteiger partial charge in [0.25, 0.3) is 0 Å². The van der Waals surface area contributed by atoms with Gasteiger partial charge >= 0.3 is 0 Å². The highest BCUT2D eigenvalue weighted by Crippen LogP contribution is 2.29. The number of benzene rings is 2. The predicted octanol–water partition coefficient (Wildman–Crippen LogP) is 3.86. The summed E-state index contributed by atoms with van der Waals surface area (Å²) in [7, 11) is 0. The van der Waals surface area contributed by atoms with E-state index in [1.165, 1.54) is 6.07 Å². The van der Waals surface area contributed by atoms with Crippen molar-refractivity contribution < 1.29 is 9.13 Å². The second kappa shape index (κ2) is 5.08. The van der Waals surface area contributed by atoms with Crippen molar-refractivity contribution >= 4 is 5.69 Å². The second-order valence-corrected chi connectivity index (χ2v) is 4.39. The van der Waals surface area contributed by atoms with Gasteiger partial charge in [0.05, 0.1) is 11.8 Å². The summed E-state index contributed by atoms with van der Waals surface area (Å²) < 4.78 is 18.9. The number of para-hydroxylation sites is 1. The second-order valence-electron chi connectivity index (χ2n) is 4.39. The maximum Gasteiger partial charge on any atom is 0.146 e. The number of rotatable bonds is 3. The number of nitrogens with two attached hydrogens (primary N) is 1. The van der Waals surface area contributed by atoms with E-state index < -0.39 is 5.82 Å². The number of anilines is 1. The van der Waals surface area contributed by atoms with Crippen LogP contribution in [0.2, 0.25) is 0 Å². The standard InChI is InChI=1S/C15H16FNO/c1-10(2)18-12-8-6-11(7-9-12)13-4-3-5-14(16)15(13)17/h3-10H,17H2,1-2H3. The van der Waals surface area contributed by atoms with E-state index in [4.69, 9.17) is 10.5 Å². The Balaban J connectivity index is 2.32. The first-order chi connectivity index (χ1) is 8.58. The maximum atomic E-state index is 13.4. The zero-order chi connectivity index (χ0) is 13.1. The highest BCUT2D eigenvalue weighted by atomic mass is 19.1. The average molecular weight is 245 g/mol. The minimum atomic E-state index is -0.394. The van der Waals surface area contributed by atoms with Gasteiger partial charge in [0.2, 0.25) is 0 Å². The Labute approximate surface area is 106 Å². The fraction of sp³-hybridized carbons (Fsp3) is 0.200. The molecule has 2 aromatic carbocycles. The van der Waals surface area contributed by atoms with Gasteiger partial charge < -0.3 is 10.5 Å². The first-order valence-electron chi connectivity index (χ1n) is 5.89. The third kappa shape index (κ3) is 2.62. The molecule has 2 N–H and O–H groups in total. The van der Waals surface area contributed by atoms with Crippen molar-refractivity contribution in [3.05, 3.63) is 48.3 Å². The Hall–Kier alpha value is -2.03. The summed E-state index contributed by atoms with van der Waals surface area (Å²) in [6, 6.07) is 12.3. The van der Waals surface area contributed by atoms with E-state index in [0.29, 0.717) is 5.56 Å². The normalized spacial score (nSPS) is 10.7. The van der Waals surface area contributed by atoms with E-state index in [9.17, 15) is 4.39 Å². The number of halogens is 1.